The summed E-state index contributed by atoms with van der Waals surface area (Å²) in [6, 6.07) is 4.66. The van der Waals surface area contributed by atoms with Crippen molar-refractivity contribution in [2.45, 2.75) is 40.8 Å². The first kappa shape index (κ1) is 18.0. The molecule has 3 aromatic heterocycles. The minimum atomic E-state index is -0.954. The van der Waals surface area contributed by atoms with Gasteiger partial charge >= 0.3 is 5.97 Å². The normalized spacial score (nSPS) is 18.4. The van der Waals surface area contributed by atoms with Crippen molar-refractivity contribution in [2.75, 3.05) is 5.75 Å². The maximum Gasteiger partial charge on any atom is 0.327 e. The molecule has 1 aliphatic carbocycles. The van der Waals surface area contributed by atoms with Crippen molar-refractivity contribution >= 4 is 40.8 Å². The lowest BCUT2D eigenvalue weighted by Crippen LogP contribution is -2.29. The molecule has 0 spiro atoms. The van der Waals surface area contributed by atoms with Crippen LogP contribution in [0.2, 0.25) is 0 Å². The van der Waals surface area contributed by atoms with E-state index >= 15 is 0 Å². The van der Waals surface area contributed by atoms with Gasteiger partial charge in [-0.3, -0.25) is 9.36 Å². The van der Waals surface area contributed by atoms with E-state index in [1.54, 1.807) is 6.07 Å². The Balaban J connectivity index is 1.44. The van der Waals surface area contributed by atoms with Crippen LogP contribution in [0.15, 0.2) is 43.0 Å². The standard InChI is InChI=1S/C18H15N3O4S3/c22-13-6-10(7-28-18-20-19-15(25-18)12-2-1-5-26-12)14(9-3-4-9)16-21(13)11(8-27-16)17(23)24/h1-2,5-6,9,11H,3-4,7-8H2,(H,23,24). The van der Waals surface area contributed by atoms with Gasteiger partial charge in [0.05, 0.1) is 9.90 Å². The SMILES string of the molecule is O=C(O)C1CSc2c(C3CC3)c(CSc3nnc(-c4cccs4)o3)cc(=O)n21. The van der Waals surface area contributed by atoms with E-state index in [-0.39, 0.29) is 5.56 Å². The number of pyridine rings is 1. The Labute approximate surface area is 172 Å². The molecule has 0 aromatic carbocycles. The third kappa shape index (κ3) is 3.19. The zero-order valence-corrected chi connectivity index (χ0v) is 17.0. The summed E-state index contributed by atoms with van der Waals surface area (Å²) in [6.07, 6.45) is 2.15. The Morgan fingerprint density at radius 3 is 2.96 bits per heavy atom. The molecule has 1 aliphatic heterocycles. The van der Waals surface area contributed by atoms with Crippen molar-refractivity contribution in [3.05, 3.63) is 45.1 Å². The third-order valence-electron chi connectivity index (χ3n) is 4.78. The molecule has 1 atom stereocenters. The van der Waals surface area contributed by atoms with Crippen LogP contribution < -0.4 is 5.56 Å². The van der Waals surface area contributed by atoms with Crippen molar-refractivity contribution in [1.29, 1.82) is 0 Å². The van der Waals surface area contributed by atoms with E-state index in [0.717, 1.165) is 33.9 Å². The summed E-state index contributed by atoms with van der Waals surface area (Å²) in [6.45, 7) is 0. The van der Waals surface area contributed by atoms with Crippen LogP contribution in [0, 0.1) is 0 Å². The summed E-state index contributed by atoms with van der Waals surface area (Å²) in [5.41, 5.74) is 1.81. The Morgan fingerprint density at radius 2 is 2.25 bits per heavy atom. The van der Waals surface area contributed by atoms with E-state index in [1.807, 2.05) is 17.5 Å². The predicted molar refractivity (Wildman–Crippen MR) is 107 cm³/mol. The lowest BCUT2D eigenvalue weighted by Gasteiger charge is -2.15. The molecular formula is C18H15N3O4S3. The Morgan fingerprint density at radius 1 is 1.39 bits per heavy atom. The van der Waals surface area contributed by atoms with Gasteiger partial charge in [-0.05, 0) is 41.3 Å². The van der Waals surface area contributed by atoms with Gasteiger partial charge < -0.3 is 9.52 Å². The summed E-state index contributed by atoms with van der Waals surface area (Å²) in [5.74, 6) is 0.883. The van der Waals surface area contributed by atoms with Gasteiger partial charge in [0.2, 0.25) is 0 Å². The molecule has 10 heteroatoms. The first-order chi connectivity index (χ1) is 13.6. The van der Waals surface area contributed by atoms with E-state index in [4.69, 9.17) is 4.42 Å². The molecular weight excluding hydrogens is 418 g/mol. The highest BCUT2D eigenvalue weighted by atomic mass is 32.2. The molecule has 1 saturated carbocycles. The number of aliphatic carboxylic acids is 1. The molecule has 1 fully saturated rings. The highest BCUT2D eigenvalue weighted by Crippen LogP contribution is 2.49. The van der Waals surface area contributed by atoms with E-state index in [9.17, 15) is 14.7 Å². The number of nitrogens with zero attached hydrogens (tertiary/aromatic N) is 3. The van der Waals surface area contributed by atoms with Crippen molar-refractivity contribution in [1.82, 2.24) is 14.8 Å². The molecule has 0 saturated heterocycles. The van der Waals surface area contributed by atoms with Crippen LogP contribution in [-0.2, 0) is 10.5 Å². The fraction of sp³-hybridized carbons (Fsp3) is 0.333. The number of carboxylic acids is 1. The molecule has 2 aliphatic rings. The molecule has 0 radical (unpaired) electrons. The fourth-order valence-electron chi connectivity index (χ4n) is 3.36. The first-order valence-electron chi connectivity index (χ1n) is 8.76. The van der Waals surface area contributed by atoms with Crippen LogP contribution in [0.5, 0.6) is 0 Å². The van der Waals surface area contributed by atoms with Gasteiger partial charge in [0.15, 0.2) is 0 Å². The Hall–Kier alpha value is -2.04. The summed E-state index contributed by atoms with van der Waals surface area (Å²) in [5, 5.41) is 20.8. The molecule has 1 N–H and O–H groups in total. The lowest BCUT2D eigenvalue weighted by atomic mass is 10.1. The highest BCUT2D eigenvalue weighted by Gasteiger charge is 2.37. The minimum Gasteiger partial charge on any atom is -0.480 e. The summed E-state index contributed by atoms with van der Waals surface area (Å²) in [7, 11) is 0. The van der Waals surface area contributed by atoms with E-state index < -0.39 is 12.0 Å². The Kier molecular flexibility index (Phi) is 4.56. The number of hydrogen-bond donors (Lipinski definition) is 1. The smallest absolute Gasteiger partial charge is 0.327 e. The number of thioether (sulfide) groups is 2. The second-order valence-electron chi connectivity index (χ2n) is 6.68. The largest absolute Gasteiger partial charge is 0.480 e. The molecule has 144 valence electrons. The van der Waals surface area contributed by atoms with Gasteiger partial charge in [-0.2, -0.15) is 0 Å². The fourth-order valence-corrected chi connectivity index (χ4v) is 6.17. The van der Waals surface area contributed by atoms with Gasteiger partial charge in [0.25, 0.3) is 16.7 Å². The summed E-state index contributed by atoms with van der Waals surface area (Å²) >= 11 is 4.41. The zero-order valence-electron chi connectivity index (χ0n) is 14.5. The van der Waals surface area contributed by atoms with Crippen LogP contribution in [0.1, 0.15) is 35.9 Å². The van der Waals surface area contributed by atoms with E-state index in [2.05, 4.69) is 10.2 Å². The molecule has 0 bridgehead atoms. The maximum absolute atomic E-state index is 12.6. The highest BCUT2D eigenvalue weighted by molar-refractivity contribution is 7.99. The molecule has 1 unspecified atom stereocenters. The number of thiophene rings is 1. The van der Waals surface area contributed by atoms with Crippen LogP contribution in [0.25, 0.3) is 10.8 Å². The number of carbonyl (C=O) groups is 1. The molecule has 3 aromatic rings. The average Bonchev–Trinajstić information content (AvgIpc) is 3.08. The van der Waals surface area contributed by atoms with Crippen LogP contribution >= 0.6 is 34.9 Å². The monoisotopic (exact) mass is 433 g/mol. The first-order valence-corrected chi connectivity index (χ1v) is 11.6. The lowest BCUT2D eigenvalue weighted by molar-refractivity contribution is -0.140. The number of fused-ring (bicyclic) bond motifs is 1. The van der Waals surface area contributed by atoms with Gasteiger partial charge in [-0.25, -0.2) is 4.79 Å². The van der Waals surface area contributed by atoms with Crippen LogP contribution in [0.4, 0.5) is 0 Å². The third-order valence-corrected chi connectivity index (χ3v) is 7.68. The van der Waals surface area contributed by atoms with Gasteiger partial charge in [0, 0.05) is 17.6 Å². The molecule has 7 nitrogen and oxygen atoms in total. The zero-order chi connectivity index (χ0) is 19.3. The molecule has 0 amide bonds. The number of carboxylic acid groups (broad SMARTS) is 1. The van der Waals surface area contributed by atoms with Crippen molar-refractivity contribution in [3.63, 3.8) is 0 Å². The quantitative estimate of drug-likeness (QED) is 0.585. The second-order valence-corrected chi connectivity index (χ2v) is 9.56. The van der Waals surface area contributed by atoms with E-state index in [1.165, 1.54) is 39.4 Å². The summed E-state index contributed by atoms with van der Waals surface area (Å²) in [4.78, 5) is 25.1. The minimum absolute atomic E-state index is 0.253. The van der Waals surface area contributed by atoms with E-state index in [0.29, 0.717) is 28.5 Å². The summed E-state index contributed by atoms with van der Waals surface area (Å²) < 4.78 is 7.18. The maximum atomic E-state index is 12.6. The van der Waals surface area contributed by atoms with Crippen LogP contribution in [0.3, 0.4) is 0 Å². The van der Waals surface area contributed by atoms with Crippen molar-refractivity contribution in [3.8, 4) is 10.8 Å². The topological polar surface area (TPSA) is 98.2 Å². The average molecular weight is 434 g/mol. The molecule has 5 rings (SSSR count). The number of hydrogen-bond acceptors (Lipinski definition) is 8. The number of aromatic nitrogens is 3. The second kappa shape index (κ2) is 7.09. The predicted octanol–water partition coefficient (Wildman–Crippen LogP) is 3.86. The number of rotatable bonds is 6. The van der Waals surface area contributed by atoms with Crippen molar-refractivity contribution < 1.29 is 14.3 Å². The van der Waals surface area contributed by atoms with Gasteiger partial charge in [0.1, 0.15) is 6.04 Å². The van der Waals surface area contributed by atoms with Gasteiger partial charge in [-0.1, -0.05) is 17.8 Å². The van der Waals surface area contributed by atoms with Gasteiger partial charge in [-0.15, -0.1) is 33.3 Å². The molecule has 28 heavy (non-hydrogen) atoms. The molecule has 4 heterocycles. The Bertz CT molecular complexity index is 1100. The van der Waals surface area contributed by atoms with Crippen molar-refractivity contribution in [2.24, 2.45) is 0 Å². The van der Waals surface area contributed by atoms with Crippen LogP contribution in [-0.4, -0.2) is 31.6 Å².